The lowest BCUT2D eigenvalue weighted by atomic mass is 9.85. The molecular formula is C17H35N3O. The monoisotopic (exact) mass is 297 g/mol. The Kier molecular flexibility index (Phi) is 5.69. The van der Waals surface area contributed by atoms with E-state index in [1.54, 1.807) is 0 Å². The van der Waals surface area contributed by atoms with Gasteiger partial charge in [0.15, 0.2) is 0 Å². The summed E-state index contributed by atoms with van der Waals surface area (Å²) in [6.45, 7) is 13.2. The Balaban J connectivity index is 1.92. The number of likely N-dealkylation sites (tertiary alicyclic amines) is 1. The van der Waals surface area contributed by atoms with Crippen molar-refractivity contribution in [2.45, 2.75) is 51.6 Å². The second-order valence-electron chi connectivity index (χ2n) is 8.38. The summed E-state index contributed by atoms with van der Waals surface area (Å²) in [7, 11) is 4.55. The molecule has 0 radical (unpaired) electrons. The van der Waals surface area contributed by atoms with Gasteiger partial charge in [-0.1, -0.05) is 0 Å². The topological polar surface area (TPSA) is 27.7 Å². The smallest absolute Gasteiger partial charge is 0.0547 e. The Bertz CT molecular complexity index is 320. The first-order chi connectivity index (χ1) is 9.80. The Hall–Kier alpha value is -0.160. The van der Waals surface area contributed by atoms with E-state index in [2.05, 4.69) is 50.0 Å². The molecule has 0 amide bonds. The first-order valence-corrected chi connectivity index (χ1v) is 8.51. The van der Waals surface area contributed by atoms with Gasteiger partial charge in [-0.15, -0.1) is 0 Å². The van der Waals surface area contributed by atoms with E-state index in [1.807, 2.05) is 0 Å². The van der Waals surface area contributed by atoms with E-state index in [0.29, 0.717) is 6.04 Å². The van der Waals surface area contributed by atoms with Gasteiger partial charge in [0, 0.05) is 43.2 Å². The Morgan fingerprint density at radius 1 is 1.38 bits per heavy atom. The Labute approximate surface area is 131 Å². The fraction of sp³-hybridized carbons (Fsp3) is 1.00. The van der Waals surface area contributed by atoms with Gasteiger partial charge < -0.3 is 19.9 Å². The van der Waals surface area contributed by atoms with Crippen LogP contribution in [0.15, 0.2) is 0 Å². The second-order valence-corrected chi connectivity index (χ2v) is 8.38. The molecule has 124 valence electrons. The van der Waals surface area contributed by atoms with Gasteiger partial charge in [-0.25, -0.2) is 0 Å². The third kappa shape index (κ3) is 5.20. The highest BCUT2D eigenvalue weighted by Crippen LogP contribution is 2.31. The minimum atomic E-state index is 0.180. The third-order valence-corrected chi connectivity index (χ3v) is 4.99. The Morgan fingerprint density at radius 3 is 2.71 bits per heavy atom. The van der Waals surface area contributed by atoms with Gasteiger partial charge in [-0.3, -0.25) is 0 Å². The molecule has 0 spiro atoms. The summed E-state index contributed by atoms with van der Waals surface area (Å²) in [6.07, 6.45) is 3.85. The maximum atomic E-state index is 5.76. The van der Waals surface area contributed by atoms with Crippen molar-refractivity contribution in [3.05, 3.63) is 0 Å². The summed E-state index contributed by atoms with van der Waals surface area (Å²) < 4.78 is 5.76. The van der Waals surface area contributed by atoms with Crippen molar-refractivity contribution in [1.82, 2.24) is 15.1 Å². The number of likely N-dealkylation sites (N-methyl/N-ethyl adjacent to an activating group) is 2. The predicted molar refractivity (Wildman–Crippen MR) is 88.8 cm³/mol. The van der Waals surface area contributed by atoms with E-state index in [4.69, 9.17) is 4.74 Å². The molecule has 2 aliphatic heterocycles. The predicted octanol–water partition coefficient (Wildman–Crippen LogP) is 1.81. The summed E-state index contributed by atoms with van der Waals surface area (Å²) in [6, 6.07) is 0.705. The van der Waals surface area contributed by atoms with Crippen molar-refractivity contribution >= 4 is 0 Å². The summed E-state index contributed by atoms with van der Waals surface area (Å²) in [5.41, 5.74) is 0.470. The van der Waals surface area contributed by atoms with Crippen LogP contribution in [-0.2, 0) is 4.74 Å². The van der Waals surface area contributed by atoms with Crippen LogP contribution in [0, 0.1) is 5.41 Å². The van der Waals surface area contributed by atoms with Crippen molar-refractivity contribution in [1.29, 1.82) is 0 Å². The van der Waals surface area contributed by atoms with Gasteiger partial charge in [-0.05, 0) is 60.7 Å². The van der Waals surface area contributed by atoms with Crippen LogP contribution < -0.4 is 5.32 Å². The van der Waals surface area contributed by atoms with Gasteiger partial charge in [0.25, 0.3) is 0 Å². The normalized spacial score (nSPS) is 32.0. The number of piperidine rings is 1. The number of hydrogen-bond donors (Lipinski definition) is 1. The zero-order valence-electron chi connectivity index (χ0n) is 14.7. The van der Waals surface area contributed by atoms with Gasteiger partial charge in [0.2, 0.25) is 0 Å². The molecule has 2 saturated heterocycles. The minimum absolute atomic E-state index is 0.180. The number of hydrogen-bond acceptors (Lipinski definition) is 4. The molecule has 21 heavy (non-hydrogen) atoms. The maximum absolute atomic E-state index is 5.76. The first kappa shape index (κ1) is 17.2. The quantitative estimate of drug-likeness (QED) is 0.837. The molecule has 2 unspecified atom stereocenters. The van der Waals surface area contributed by atoms with E-state index in [-0.39, 0.29) is 11.0 Å². The molecule has 2 fully saturated rings. The molecule has 0 aromatic rings. The average molecular weight is 297 g/mol. The van der Waals surface area contributed by atoms with E-state index < -0.39 is 0 Å². The zero-order chi connectivity index (χ0) is 15.5. The number of nitrogens with one attached hydrogen (secondary N) is 1. The molecule has 0 aliphatic carbocycles. The third-order valence-electron chi connectivity index (χ3n) is 4.99. The second kappa shape index (κ2) is 6.95. The molecule has 2 rings (SSSR count). The largest absolute Gasteiger partial charge is 0.381 e. The molecule has 0 bridgehead atoms. The fourth-order valence-electron chi connectivity index (χ4n) is 3.58. The lowest BCUT2D eigenvalue weighted by molar-refractivity contribution is 0.0696. The van der Waals surface area contributed by atoms with Crippen molar-refractivity contribution < 1.29 is 4.74 Å². The van der Waals surface area contributed by atoms with Crippen LogP contribution in [0.2, 0.25) is 0 Å². The molecule has 1 N–H and O–H groups in total. The number of ether oxygens (including phenoxy) is 1. The van der Waals surface area contributed by atoms with Crippen molar-refractivity contribution in [2.24, 2.45) is 5.41 Å². The van der Waals surface area contributed by atoms with Crippen molar-refractivity contribution in [3.8, 4) is 0 Å². The average Bonchev–Trinajstić information content (AvgIpc) is 2.85. The molecule has 0 saturated carbocycles. The SMILES string of the molecule is CN1CCCC(N(C)CC2(CNC(C)(C)C)CCOC2)C1. The summed E-state index contributed by atoms with van der Waals surface area (Å²) in [4.78, 5) is 5.06. The van der Waals surface area contributed by atoms with Gasteiger partial charge in [0.1, 0.15) is 0 Å². The lowest BCUT2D eigenvalue weighted by Crippen LogP contribution is -2.52. The zero-order valence-corrected chi connectivity index (χ0v) is 14.7. The van der Waals surface area contributed by atoms with E-state index in [0.717, 1.165) is 26.3 Å². The number of nitrogens with zero attached hydrogens (tertiary/aromatic N) is 2. The van der Waals surface area contributed by atoms with Crippen LogP contribution in [0.25, 0.3) is 0 Å². The summed E-state index contributed by atoms with van der Waals surface area (Å²) in [5, 5.41) is 3.70. The van der Waals surface area contributed by atoms with E-state index >= 15 is 0 Å². The highest BCUT2D eigenvalue weighted by molar-refractivity contribution is 4.92. The first-order valence-electron chi connectivity index (χ1n) is 8.51. The molecule has 0 aromatic carbocycles. The van der Waals surface area contributed by atoms with Crippen LogP contribution in [0.5, 0.6) is 0 Å². The standard InChI is InChI=1S/C17H35N3O/c1-16(2,3)18-12-17(8-10-21-14-17)13-20(5)15-7-6-9-19(4)11-15/h15,18H,6-14H2,1-5H3. The van der Waals surface area contributed by atoms with Crippen molar-refractivity contribution in [3.63, 3.8) is 0 Å². The number of rotatable bonds is 5. The van der Waals surface area contributed by atoms with Gasteiger partial charge >= 0.3 is 0 Å². The minimum Gasteiger partial charge on any atom is -0.381 e. The van der Waals surface area contributed by atoms with Crippen LogP contribution in [0.3, 0.4) is 0 Å². The highest BCUT2D eigenvalue weighted by atomic mass is 16.5. The maximum Gasteiger partial charge on any atom is 0.0547 e. The molecule has 4 nitrogen and oxygen atoms in total. The van der Waals surface area contributed by atoms with Gasteiger partial charge in [-0.2, -0.15) is 0 Å². The molecule has 2 atom stereocenters. The van der Waals surface area contributed by atoms with Crippen LogP contribution >= 0.6 is 0 Å². The molecule has 4 heteroatoms. The molecular weight excluding hydrogens is 262 g/mol. The molecule has 2 aliphatic rings. The fourth-order valence-corrected chi connectivity index (χ4v) is 3.58. The van der Waals surface area contributed by atoms with E-state index in [9.17, 15) is 0 Å². The summed E-state index contributed by atoms with van der Waals surface area (Å²) >= 11 is 0. The van der Waals surface area contributed by atoms with Crippen LogP contribution in [0.4, 0.5) is 0 Å². The highest BCUT2D eigenvalue weighted by Gasteiger charge is 2.38. The Morgan fingerprint density at radius 2 is 2.14 bits per heavy atom. The van der Waals surface area contributed by atoms with Crippen molar-refractivity contribution in [2.75, 3.05) is 53.5 Å². The molecule has 0 aromatic heterocycles. The van der Waals surface area contributed by atoms with Crippen LogP contribution in [-0.4, -0.2) is 74.9 Å². The van der Waals surface area contributed by atoms with Gasteiger partial charge in [0.05, 0.1) is 6.61 Å². The molecule has 2 heterocycles. The summed E-state index contributed by atoms with van der Waals surface area (Å²) in [5.74, 6) is 0. The van der Waals surface area contributed by atoms with Crippen LogP contribution in [0.1, 0.15) is 40.0 Å². The lowest BCUT2D eigenvalue weighted by Gasteiger charge is -2.41. The van der Waals surface area contributed by atoms with E-state index in [1.165, 1.54) is 32.4 Å².